The van der Waals surface area contributed by atoms with Gasteiger partial charge in [-0.2, -0.15) is 0 Å². The number of nitrogens with zero attached hydrogens (tertiary/aromatic N) is 3. The second-order valence-electron chi connectivity index (χ2n) is 7.65. The summed E-state index contributed by atoms with van der Waals surface area (Å²) in [6.45, 7) is 3.59. The zero-order valence-electron chi connectivity index (χ0n) is 17.0. The Morgan fingerprint density at radius 1 is 1.24 bits per heavy atom. The molecule has 0 spiro atoms. The summed E-state index contributed by atoms with van der Waals surface area (Å²) in [5.41, 5.74) is 5.04. The van der Waals surface area contributed by atoms with E-state index in [1.807, 2.05) is 36.4 Å². The van der Waals surface area contributed by atoms with Crippen molar-refractivity contribution < 1.29 is 9.00 Å². The van der Waals surface area contributed by atoms with Crippen molar-refractivity contribution in [1.82, 2.24) is 14.9 Å². The summed E-state index contributed by atoms with van der Waals surface area (Å²) >= 11 is 0. The topological polar surface area (TPSA) is 69.3 Å². The van der Waals surface area contributed by atoms with Crippen LogP contribution >= 0.6 is 0 Å². The van der Waals surface area contributed by atoms with Crippen molar-refractivity contribution >= 4 is 33.4 Å². The molecule has 1 aromatic heterocycles. The van der Waals surface area contributed by atoms with Gasteiger partial charge in [-0.15, -0.1) is 0 Å². The van der Waals surface area contributed by atoms with Gasteiger partial charge in [-0.3, -0.25) is 9.00 Å². The Labute approximate surface area is 173 Å². The number of benzene rings is 2. The van der Waals surface area contributed by atoms with Gasteiger partial charge in [0.15, 0.2) is 5.16 Å². The van der Waals surface area contributed by atoms with Gasteiger partial charge in [-0.1, -0.05) is 30.3 Å². The summed E-state index contributed by atoms with van der Waals surface area (Å²) in [4.78, 5) is 24.1. The van der Waals surface area contributed by atoms with E-state index in [0.29, 0.717) is 23.9 Å². The minimum absolute atomic E-state index is 0.0476. The molecule has 2 unspecified atom stereocenters. The number of nitrogens with one attached hydrogen (secondary N) is 1. The monoisotopic (exact) mass is 410 g/mol. The van der Waals surface area contributed by atoms with Crippen molar-refractivity contribution in [1.29, 1.82) is 0 Å². The molecule has 1 N–H and O–H groups in total. The molecule has 2 atom stereocenters. The lowest BCUT2D eigenvalue weighted by molar-refractivity contribution is -0.132. The average molecular weight is 411 g/mol. The third-order valence-corrected chi connectivity index (χ3v) is 6.67. The fourth-order valence-electron chi connectivity index (χ4n) is 4.08. The smallest absolute Gasteiger partial charge is 0.227 e. The largest absolute Gasteiger partial charge is 0.371 e. The van der Waals surface area contributed by atoms with Gasteiger partial charge in [0.25, 0.3) is 0 Å². The Morgan fingerprint density at radius 3 is 2.76 bits per heavy atom. The summed E-state index contributed by atoms with van der Waals surface area (Å²) in [5, 5.41) is 0.503. The van der Waals surface area contributed by atoms with Crippen LogP contribution in [0.4, 0.5) is 5.69 Å². The normalized spacial score (nSPS) is 17.2. The predicted octanol–water partition coefficient (Wildman–Crippen LogP) is 2.96. The molecule has 1 amide bonds. The van der Waals surface area contributed by atoms with Crippen LogP contribution in [0, 0.1) is 5.92 Å². The first-order valence-corrected chi connectivity index (χ1v) is 11.2. The minimum Gasteiger partial charge on any atom is -0.371 e. The molecule has 0 aliphatic carbocycles. The fraction of sp³-hybridized carbons (Fsp3) is 0.364. The van der Waals surface area contributed by atoms with E-state index in [4.69, 9.17) is 0 Å². The van der Waals surface area contributed by atoms with E-state index in [1.54, 1.807) is 19.0 Å². The third kappa shape index (κ3) is 3.79. The summed E-state index contributed by atoms with van der Waals surface area (Å²) in [6.07, 6.45) is 0.716. The van der Waals surface area contributed by atoms with Gasteiger partial charge in [0.1, 0.15) is 0 Å². The lowest BCUT2D eigenvalue weighted by Gasteiger charge is -2.37. The first kappa shape index (κ1) is 19.6. The SMILES string of the molecule is CCN1CC(C(=O)N(C)C)Cc2cccc(CS(=O)c3nc4ccccc4[nH]3)c21. The highest BCUT2D eigenvalue weighted by Crippen LogP contribution is 2.34. The highest BCUT2D eigenvalue weighted by atomic mass is 32.2. The molecule has 2 aromatic carbocycles. The molecule has 29 heavy (non-hydrogen) atoms. The van der Waals surface area contributed by atoms with Gasteiger partial charge >= 0.3 is 0 Å². The van der Waals surface area contributed by atoms with Crippen molar-refractivity contribution in [3.05, 3.63) is 53.6 Å². The Hall–Kier alpha value is -2.67. The van der Waals surface area contributed by atoms with E-state index in [-0.39, 0.29) is 11.8 Å². The predicted molar refractivity (Wildman–Crippen MR) is 116 cm³/mol. The van der Waals surface area contributed by atoms with Gasteiger partial charge in [-0.05, 0) is 36.6 Å². The van der Waals surface area contributed by atoms with E-state index in [1.165, 1.54) is 0 Å². The van der Waals surface area contributed by atoms with Gasteiger partial charge in [0.05, 0.1) is 33.5 Å². The number of anilines is 1. The first-order valence-electron chi connectivity index (χ1n) is 9.88. The lowest BCUT2D eigenvalue weighted by Crippen LogP contribution is -2.43. The van der Waals surface area contributed by atoms with E-state index < -0.39 is 10.8 Å². The van der Waals surface area contributed by atoms with Gasteiger partial charge in [-0.25, -0.2) is 4.98 Å². The number of para-hydroxylation sites is 3. The lowest BCUT2D eigenvalue weighted by atomic mass is 9.89. The minimum atomic E-state index is -1.28. The number of carbonyl (C=O) groups is 1. The molecule has 0 saturated carbocycles. The van der Waals surface area contributed by atoms with Gasteiger partial charge < -0.3 is 14.8 Å². The van der Waals surface area contributed by atoms with Crippen LogP contribution in [0.3, 0.4) is 0 Å². The quantitative estimate of drug-likeness (QED) is 0.702. The molecular formula is C22H26N4O2S. The number of amides is 1. The molecule has 7 heteroatoms. The zero-order valence-corrected chi connectivity index (χ0v) is 17.8. The van der Waals surface area contributed by atoms with Crippen LogP contribution in [0.2, 0.25) is 0 Å². The molecule has 0 radical (unpaired) electrons. The number of carbonyl (C=O) groups excluding carboxylic acids is 1. The maximum Gasteiger partial charge on any atom is 0.227 e. The van der Waals surface area contributed by atoms with Crippen LogP contribution in [0.5, 0.6) is 0 Å². The average Bonchev–Trinajstić information content (AvgIpc) is 3.17. The van der Waals surface area contributed by atoms with Crippen LogP contribution in [0.25, 0.3) is 11.0 Å². The van der Waals surface area contributed by atoms with Crippen LogP contribution in [0.15, 0.2) is 47.6 Å². The number of fused-ring (bicyclic) bond motifs is 2. The molecule has 0 fully saturated rings. The number of aromatic amines is 1. The van der Waals surface area contributed by atoms with E-state index >= 15 is 0 Å². The number of H-pyrrole nitrogens is 1. The molecule has 4 rings (SSSR count). The summed E-state index contributed by atoms with van der Waals surface area (Å²) < 4.78 is 13.1. The molecule has 1 aliphatic heterocycles. The summed E-state index contributed by atoms with van der Waals surface area (Å²) in [6, 6.07) is 13.8. The third-order valence-electron chi connectivity index (χ3n) is 5.47. The molecule has 152 valence electrons. The number of rotatable bonds is 5. The van der Waals surface area contributed by atoms with Crippen LogP contribution in [-0.4, -0.2) is 52.2 Å². The zero-order chi connectivity index (χ0) is 20.5. The van der Waals surface area contributed by atoms with E-state index in [9.17, 15) is 9.00 Å². The second-order valence-corrected chi connectivity index (χ2v) is 9.01. The van der Waals surface area contributed by atoms with Crippen LogP contribution in [-0.2, 0) is 27.8 Å². The summed E-state index contributed by atoms with van der Waals surface area (Å²) in [7, 11) is 2.34. The Balaban J connectivity index is 1.63. The Morgan fingerprint density at radius 2 is 2.03 bits per heavy atom. The number of hydrogen-bond acceptors (Lipinski definition) is 4. The van der Waals surface area contributed by atoms with Gasteiger partial charge in [0, 0.05) is 32.9 Å². The van der Waals surface area contributed by atoms with Crippen molar-refractivity contribution in [3.8, 4) is 0 Å². The highest BCUT2D eigenvalue weighted by molar-refractivity contribution is 7.84. The van der Waals surface area contributed by atoms with E-state index in [0.717, 1.165) is 34.4 Å². The maximum absolute atomic E-state index is 13.1. The van der Waals surface area contributed by atoms with Crippen molar-refractivity contribution in [3.63, 3.8) is 0 Å². The number of aromatic nitrogens is 2. The maximum atomic E-state index is 13.1. The molecule has 6 nitrogen and oxygen atoms in total. The number of imidazole rings is 1. The fourth-order valence-corrected chi connectivity index (χ4v) is 5.16. The van der Waals surface area contributed by atoms with Crippen LogP contribution in [0.1, 0.15) is 18.1 Å². The van der Waals surface area contributed by atoms with Crippen molar-refractivity contribution in [2.24, 2.45) is 5.92 Å². The first-order chi connectivity index (χ1) is 14.0. The molecular weight excluding hydrogens is 384 g/mol. The van der Waals surface area contributed by atoms with Crippen molar-refractivity contribution in [2.45, 2.75) is 24.3 Å². The standard InChI is InChI=1S/C22H26N4O2S/c1-4-26-13-17(21(27)25(2)3)12-15-8-7-9-16(20(15)26)14-29(28)22-23-18-10-5-6-11-19(18)24-22/h5-11,17H,4,12-14H2,1-3H3,(H,23,24). The van der Waals surface area contributed by atoms with Gasteiger partial charge in [0.2, 0.25) is 5.91 Å². The second kappa shape index (κ2) is 7.99. The van der Waals surface area contributed by atoms with E-state index in [2.05, 4.69) is 27.9 Å². The van der Waals surface area contributed by atoms with Crippen LogP contribution < -0.4 is 4.90 Å². The number of hydrogen-bond donors (Lipinski definition) is 1. The molecule has 2 heterocycles. The highest BCUT2D eigenvalue weighted by Gasteiger charge is 2.31. The molecule has 3 aromatic rings. The molecule has 0 bridgehead atoms. The molecule has 0 saturated heterocycles. The van der Waals surface area contributed by atoms with Crippen molar-refractivity contribution in [2.75, 3.05) is 32.1 Å². The molecule has 1 aliphatic rings. The Bertz CT molecular complexity index is 1040. The summed E-state index contributed by atoms with van der Waals surface area (Å²) in [5.74, 6) is 0.505. The Kier molecular flexibility index (Phi) is 5.41.